The Labute approximate surface area is 228 Å². The van der Waals surface area contributed by atoms with Crippen LogP contribution in [0.2, 0.25) is 0 Å². The van der Waals surface area contributed by atoms with Crippen LogP contribution < -0.4 is 14.8 Å². The second-order valence-corrected chi connectivity index (χ2v) is 10.0. The average Bonchev–Trinajstić information content (AvgIpc) is 3.35. The van der Waals surface area contributed by atoms with Crippen LogP contribution >= 0.6 is 0 Å². The van der Waals surface area contributed by atoms with E-state index < -0.39 is 11.6 Å². The Bertz CT molecular complexity index is 1450. The zero-order valence-electron chi connectivity index (χ0n) is 23.0. The van der Waals surface area contributed by atoms with E-state index in [1.807, 2.05) is 87.5 Å². The first-order chi connectivity index (χ1) is 18.7. The molecular formula is C30H35N5O4. The lowest BCUT2D eigenvalue weighted by atomic mass is 9.98. The van der Waals surface area contributed by atoms with Crippen LogP contribution in [0.3, 0.4) is 0 Å². The Kier molecular flexibility index (Phi) is 8.49. The van der Waals surface area contributed by atoms with Crippen molar-refractivity contribution in [3.05, 3.63) is 83.9 Å². The van der Waals surface area contributed by atoms with E-state index >= 15 is 0 Å². The second kappa shape index (κ2) is 12.0. The van der Waals surface area contributed by atoms with E-state index in [-0.39, 0.29) is 24.9 Å². The highest BCUT2D eigenvalue weighted by atomic mass is 16.5. The van der Waals surface area contributed by atoms with Crippen LogP contribution in [0.5, 0.6) is 11.5 Å². The maximum absolute atomic E-state index is 14.1. The summed E-state index contributed by atoms with van der Waals surface area (Å²) in [5, 5.41) is 11.5. The van der Waals surface area contributed by atoms with Crippen molar-refractivity contribution in [1.29, 1.82) is 0 Å². The number of carbonyl (C=O) groups is 2. The summed E-state index contributed by atoms with van der Waals surface area (Å²) in [5.74, 6) is 0.688. The number of ether oxygens (including phenoxy) is 2. The van der Waals surface area contributed by atoms with Crippen molar-refractivity contribution in [1.82, 2.24) is 25.2 Å². The molecule has 4 aromatic rings. The molecule has 0 unspecified atom stereocenters. The summed E-state index contributed by atoms with van der Waals surface area (Å²) >= 11 is 0. The van der Waals surface area contributed by atoms with Gasteiger partial charge in [0.05, 0.1) is 19.7 Å². The number of aromatic nitrogens is 3. The molecule has 0 radical (unpaired) electrons. The number of hydrogen-bond acceptors (Lipinski definition) is 6. The van der Waals surface area contributed by atoms with Gasteiger partial charge >= 0.3 is 0 Å². The van der Waals surface area contributed by atoms with Gasteiger partial charge in [0, 0.05) is 12.1 Å². The van der Waals surface area contributed by atoms with Crippen LogP contribution in [0.4, 0.5) is 0 Å². The molecule has 3 aromatic carbocycles. The van der Waals surface area contributed by atoms with Gasteiger partial charge in [-0.15, -0.1) is 5.10 Å². The number of nitrogens with zero attached hydrogens (tertiary/aromatic N) is 4. The molecule has 1 aromatic heterocycles. The normalized spacial score (nSPS) is 12.1. The van der Waals surface area contributed by atoms with Gasteiger partial charge in [-0.05, 0) is 67.8 Å². The van der Waals surface area contributed by atoms with Crippen molar-refractivity contribution in [3.8, 4) is 11.5 Å². The van der Waals surface area contributed by atoms with Crippen LogP contribution in [-0.4, -0.2) is 51.5 Å². The summed E-state index contributed by atoms with van der Waals surface area (Å²) < 4.78 is 12.4. The fraction of sp³-hybridized carbons (Fsp3) is 0.333. The zero-order valence-corrected chi connectivity index (χ0v) is 23.0. The summed E-state index contributed by atoms with van der Waals surface area (Å²) in [6.45, 7) is 6.02. The highest BCUT2D eigenvalue weighted by molar-refractivity contribution is 5.89. The van der Waals surface area contributed by atoms with Crippen LogP contribution in [0.25, 0.3) is 11.0 Å². The van der Waals surface area contributed by atoms with E-state index in [4.69, 9.17) is 9.47 Å². The summed E-state index contributed by atoms with van der Waals surface area (Å²) in [6.07, 6.45) is 0.721. The van der Waals surface area contributed by atoms with E-state index in [2.05, 4.69) is 15.6 Å². The van der Waals surface area contributed by atoms with Crippen LogP contribution in [0.1, 0.15) is 44.4 Å². The van der Waals surface area contributed by atoms with Crippen molar-refractivity contribution in [2.24, 2.45) is 0 Å². The van der Waals surface area contributed by atoms with Crippen molar-refractivity contribution in [2.75, 3.05) is 14.2 Å². The zero-order chi connectivity index (χ0) is 28.0. The molecule has 0 saturated carbocycles. The average molecular weight is 530 g/mol. The number of rotatable bonds is 11. The minimum Gasteiger partial charge on any atom is -0.497 e. The summed E-state index contributed by atoms with van der Waals surface area (Å²) in [4.78, 5) is 29.7. The molecule has 0 fully saturated rings. The molecule has 0 aliphatic heterocycles. The molecule has 1 heterocycles. The van der Waals surface area contributed by atoms with Gasteiger partial charge in [0.25, 0.3) is 0 Å². The van der Waals surface area contributed by atoms with E-state index in [0.717, 1.165) is 17.5 Å². The van der Waals surface area contributed by atoms with Crippen molar-refractivity contribution in [3.63, 3.8) is 0 Å². The van der Waals surface area contributed by atoms with Gasteiger partial charge in [-0.1, -0.05) is 48.5 Å². The number of carbonyl (C=O) groups excluding carboxylic acids is 2. The first-order valence-electron chi connectivity index (χ1n) is 12.9. The third kappa shape index (κ3) is 6.54. The molecule has 204 valence electrons. The molecule has 0 saturated heterocycles. The van der Waals surface area contributed by atoms with Gasteiger partial charge in [0.2, 0.25) is 11.8 Å². The number of benzene rings is 3. The Morgan fingerprint density at radius 2 is 1.67 bits per heavy atom. The van der Waals surface area contributed by atoms with E-state index in [9.17, 15) is 9.59 Å². The molecule has 0 bridgehead atoms. The number of hydrogen-bond donors (Lipinski definition) is 1. The molecule has 9 nitrogen and oxygen atoms in total. The SMILES string of the molecule is CCC(C)(C)NC(=O)[C@H](c1cccc(OC)c1)N(Cc1cccc(OC)c1)C(=O)Cn1nnc2ccccc21. The standard InChI is InChI=1S/C30H35N5O4/c1-6-30(2,3)31-29(37)28(22-12-10-14-24(18-22)39-5)34(19-21-11-9-13-23(17-21)38-4)27(36)20-35-26-16-8-7-15-25(26)32-33-35/h7-18,28H,6,19-20H2,1-5H3,(H,31,37)/t28-/m0/s1. The molecule has 9 heteroatoms. The van der Waals surface area contributed by atoms with Crippen LogP contribution in [-0.2, 0) is 22.7 Å². The highest BCUT2D eigenvalue weighted by Gasteiger charge is 2.34. The molecule has 4 rings (SSSR count). The number of methoxy groups -OCH3 is 2. The largest absolute Gasteiger partial charge is 0.497 e. The van der Waals surface area contributed by atoms with Crippen LogP contribution in [0.15, 0.2) is 72.8 Å². The number of nitrogens with one attached hydrogen (secondary N) is 1. The minimum atomic E-state index is -0.931. The molecule has 0 aliphatic rings. The fourth-order valence-corrected chi connectivity index (χ4v) is 4.32. The lowest BCUT2D eigenvalue weighted by molar-refractivity contribution is -0.143. The van der Waals surface area contributed by atoms with Gasteiger partial charge < -0.3 is 19.7 Å². The lowest BCUT2D eigenvalue weighted by Gasteiger charge is -2.35. The van der Waals surface area contributed by atoms with Gasteiger partial charge in [0.1, 0.15) is 29.6 Å². The van der Waals surface area contributed by atoms with Crippen molar-refractivity contribution < 1.29 is 19.1 Å². The van der Waals surface area contributed by atoms with Gasteiger partial charge in [-0.25, -0.2) is 4.68 Å². The monoisotopic (exact) mass is 529 g/mol. The first kappa shape index (κ1) is 27.6. The minimum absolute atomic E-state index is 0.0879. The number of amides is 2. The highest BCUT2D eigenvalue weighted by Crippen LogP contribution is 2.29. The Hall–Kier alpha value is -4.40. The van der Waals surface area contributed by atoms with E-state index in [1.54, 1.807) is 29.9 Å². The third-order valence-electron chi connectivity index (χ3n) is 6.83. The lowest BCUT2D eigenvalue weighted by Crippen LogP contribution is -2.50. The molecule has 2 amide bonds. The maximum atomic E-state index is 14.1. The molecule has 1 N–H and O–H groups in total. The number of fused-ring (bicyclic) bond motifs is 1. The molecular weight excluding hydrogens is 494 g/mol. The van der Waals surface area contributed by atoms with E-state index in [0.29, 0.717) is 22.6 Å². The Morgan fingerprint density at radius 1 is 0.974 bits per heavy atom. The fourth-order valence-electron chi connectivity index (χ4n) is 4.32. The molecule has 1 atom stereocenters. The van der Waals surface area contributed by atoms with Gasteiger partial charge in [-0.3, -0.25) is 9.59 Å². The molecule has 0 spiro atoms. The predicted octanol–water partition coefficient (Wildman–Crippen LogP) is 4.52. The second-order valence-electron chi connectivity index (χ2n) is 10.0. The summed E-state index contributed by atoms with van der Waals surface area (Å²) in [6, 6.07) is 21.3. The van der Waals surface area contributed by atoms with Crippen molar-refractivity contribution >= 4 is 22.8 Å². The smallest absolute Gasteiger partial charge is 0.247 e. The summed E-state index contributed by atoms with van der Waals surface area (Å²) in [7, 11) is 3.17. The van der Waals surface area contributed by atoms with E-state index in [1.165, 1.54) is 0 Å². The maximum Gasteiger partial charge on any atom is 0.247 e. The molecule has 39 heavy (non-hydrogen) atoms. The third-order valence-corrected chi connectivity index (χ3v) is 6.83. The van der Waals surface area contributed by atoms with Crippen LogP contribution in [0, 0.1) is 0 Å². The number of para-hydroxylation sites is 1. The Morgan fingerprint density at radius 3 is 2.38 bits per heavy atom. The quantitative estimate of drug-likeness (QED) is 0.307. The van der Waals surface area contributed by atoms with Gasteiger partial charge in [-0.2, -0.15) is 0 Å². The first-order valence-corrected chi connectivity index (χ1v) is 12.9. The predicted molar refractivity (Wildman–Crippen MR) is 149 cm³/mol. The topological polar surface area (TPSA) is 98.6 Å². The summed E-state index contributed by atoms with van der Waals surface area (Å²) in [5.41, 5.74) is 2.42. The molecule has 0 aliphatic carbocycles. The van der Waals surface area contributed by atoms with Crippen molar-refractivity contribution in [2.45, 2.75) is 51.9 Å². The van der Waals surface area contributed by atoms with Gasteiger partial charge in [0.15, 0.2) is 0 Å². The Balaban J connectivity index is 1.80.